The fraction of sp³-hybridized carbons (Fsp3) is 0.636. The van der Waals surface area contributed by atoms with Crippen LogP contribution in [0.4, 0.5) is 5.82 Å². The number of aromatic nitrogens is 3. The van der Waals surface area contributed by atoms with Gasteiger partial charge in [0.15, 0.2) is 6.23 Å². The Morgan fingerprint density at radius 3 is 2.71 bits per heavy atom. The predicted molar refractivity (Wildman–Crippen MR) is 122 cm³/mol. The highest BCUT2D eigenvalue weighted by molar-refractivity contribution is 7.51. The van der Waals surface area contributed by atoms with Crippen LogP contribution in [0.5, 0.6) is 0 Å². The second-order valence-electron chi connectivity index (χ2n) is 9.23. The lowest BCUT2D eigenvalue weighted by Gasteiger charge is -2.18. The molecule has 3 heterocycles. The molecule has 3 fully saturated rings. The molecular formula is C22H29N4O7P. The van der Waals surface area contributed by atoms with Gasteiger partial charge in [0.25, 0.3) is 0 Å². The molecule has 12 heteroatoms. The SMILES string of the molecule is CP(=O)(O)OOC[C@H]1O[C@@H](n2ccc3c(NC4CCCC4)nc(C#CC4CC4)nc32)[C@H](O)[C@@H]1O. The van der Waals surface area contributed by atoms with Crippen molar-refractivity contribution < 1.29 is 34.0 Å². The number of hydrogen-bond donors (Lipinski definition) is 4. The molecule has 2 aromatic rings. The zero-order valence-electron chi connectivity index (χ0n) is 18.8. The molecule has 2 aromatic heterocycles. The minimum atomic E-state index is -3.85. The minimum Gasteiger partial charge on any atom is -0.387 e. The predicted octanol–water partition coefficient (Wildman–Crippen LogP) is 1.93. The summed E-state index contributed by atoms with van der Waals surface area (Å²) in [6.45, 7) is 0.636. The number of hydrogen-bond acceptors (Lipinski definition) is 9. The van der Waals surface area contributed by atoms with Gasteiger partial charge in [-0.15, -0.1) is 4.67 Å². The molecule has 4 N–H and O–H groups in total. The number of aliphatic hydroxyl groups excluding tert-OH is 2. The molecule has 0 bridgehead atoms. The van der Waals surface area contributed by atoms with Crippen molar-refractivity contribution >= 4 is 24.4 Å². The van der Waals surface area contributed by atoms with Gasteiger partial charge >= 0.3 is 7.60 Å². The zero-order valence-corrected chi connectivity index (χ0v) is 19.7. The number of nitrogens with one attached hydrogen (secondary N) is 1. The van der Waals surface area contributed by atoms with Gasteiger partial charge < -0.3 is 29.7 Å². The molecule has 1 aliphatic heterocycles. The second-order valence-corrected chi connectivity index (χ2v) is 11.0. The number of rotatable bonds is 7. The zero-order chi connectivity index (χ0) is 23.9. The van der Waals surface area contributed by atoms with E-state index in [0.29, 0.717) is 29.2 Å². The molecule has 3 aliphatic rings. The van der Waals surface area contributed by atoms with Crippen LogP contribution in [0.25, 0.3) is 11.0 Å². The van der Waals surface area contributed by atoms with E-state index in [4.69, 9.17) is 9.62 Å². The first-order chi connectivity index (χ1) is 16.3. The van der Waals surface area contributed by atoms with E-state index in [2.05, 4.69) is 31.8 Å². The third kappa shape index (κ3) is 5.29. The largest absolute Gasteiger partial charge is 0.387 e. The molecule has 0 amide bonds. The van der Waals surface area contributed by atoms with E-state index in [9.17, 15) is 19.7 Å². The summed E-state index contributed by atoms with van der Waals surface area (Å²) in [6, 6.07) is 2.18. The topological polar surface area (TPSA) is 148 Å². The molecule has 2 saturated carbocycles. The van der Waals surface area contributed by atoms with Crippen LogP contribution in [0.3, 0.4) is 0 Å². The summed E-state index contributed by atoms with van der Waals surface area (Å²) in [7, 11) is -3.85. The summed E-state index contributed by atoms with van der Waals surface area (Å²) < 4.78 is 23.1. The highest BCUT2D eigenvalue weighted by Crippen LogP contribution is 2.38. The fourth-order valence-corrected chi connectivity index (χ4v) is 4.61. The van der Waals surface area contributed by atoms with Crippen LogP contribution in [-0.2, 0) is 18.9 Å². The molecule has 1 saturated heterocycles. The smallest absolute Gasteiger partial charge is 0.352 e. The van der Waals surface area contributed by atoms with Crippen molar-refractivity contribution in [2.24, 2.45) is 5.92 Å². The molecular weight excluding hydrogens is 463 g/mol. The summed E-state index contributed by atoms with van der Waals surface area (Å²) >= 11 is 0. The van der Waals surface area contributed by atoms with E-state index in [0.717, 1.165) is 37.7 Å². The van der Waals surface area contributed by atoms with Crippen molar-refractivity contribution in [3.63, 3.8) is 0 Å². The monoisotopic (exact) mass is 492 g/mol. The van der Waals surface area contributed by atoms with Crippen LogP contribution in [0.1, 0.15) is 50.6 Å². The van der Waals surface area contributed by atoms with Crippen LogP contribution < -0.4 is 5.32 Å². The van der Waals surface area contributed by atoms with Crippen molar-refractivity contribution in [3.05, 3.63) is 18.1 Å². The molecule has 0 aromatic carbocycles. The Labute approximate surface area is 196 Å². The van der Waals surface area contributed by atoms with Crippen molar-refractivity contribution in [3.8, 4) is 11.8 Å². The van der Waals surface area contributed by atoms with E-state index < -0.39 is 32.1 Å². The van der Waals surface area contributed by atoms with Gasteiger partial charge in [-0.05, 0) is 37.7 Å². The van der Waals surface area contributed by atoms with E-state index in [-0.39, 0.29) is 6.61 Å². The van der Waals surface area contributed by atoms with Crippen molar-refractivity contribution in [1.82, 2.24) is 14.5 Å². The third-order valence-electron chi connectivity index (χ3n) is 6.27. The maximum Gasteiger partial charge on any atom is 0.352 e. The van der Waals surface area contributed by atoms with Gasteiger partial charge in [0.2, 0.25) is 5.82 Å². The van der Waals surface area contributed by atoms with Gasteiger partial charge in [-0.25, -0.2) is 14.9 Å². The molecule has 184 valence electrons. The van der Waals surface area contributed by atoms with E-state index >= 15 is 0 Å². The Bertz CT molecular complexity index is 1150. The van der Waals surface area contributed by atoms with Gasteiger partial charge in [0.1, 0.15) is 36.4 Å². The van der Waals surface area contributed by atoms with Crippen molar-refractivity contribution in [2.75, 3.05) is 18.6 Å². The molecule has 0 spiro atoms. The summed E-state index contributed by atoms with van der Waals surface area (Å²) in [6.07, 6.45) is 3.91. The molecule has 1 unspecified atom stereocenters. The average molecular weight is 492 g/mol. The highest BCUT2D eigenvalue weighted by Gasteiger charge is 2.44. The van der Waals surface area contributed by atoms with Gasteiger partial charge in [-0.1, -0.05) is 18.8 Å². The Kier molecular flexibility index (Phi) is 6.66. The average Bonchev–Trinajstić information content (AvgIpc) is 3.16. The van der Waals surface area contributed by atoms with E-state index in [1.165, 1.54) is 12.8 Å². The Hall–Kier alpha value is -2.03. The third-order valence-corrected chi connectivity index (χ3v) is 6.65. The van der Waals surface area contributed by atoms with Gasteiger partial charge in [-0.3, -0.25) is 4.57 Å². The lowest BCUT2D eigenvalue weighted by Crippen LogP contribution is -2.33. The van der Waals surface area contributed by atoms with Crippen LogP contribution >= 0.6 is 7.60 Å². The Balaban J connectivity index is 1.43. The summed E-state index contributed by atoms with van der Waals surface area (Å²) in [4.78, 5) is 23.2. The first kappa shape index (κ1) is 23.7. The van der Waals surface area contributed by atoms with Crippen molar-refractivity contribution in [2.45, 2.75) is 69.1 Å². The Morgan fingerprint density at radius 1 is 1.24 bits per heavy atom. The molecule has 34 heavy (non-hydrogen) atoms. The summed E-state index contributed by atoms with van der Waals surface area (Å²) in [5, 5.41) is 25.4. The standard InChI is InChI=1S/C22H29N4O7P/c1-34(29,30)33-31-12-16-18(27)19(28)22(32-16)26-11-10-15-20(23-14-4-2-3-5-14)24-17(25-21(15)26)9-8-13-6-7-13/h10-11,13-14,16,18-19,22,27-28H,2-7,12H2,1H3,(H,29,30)(H,23,24,25)/t16-,18-,19-,22-/m1/s1. The van der Waals surface area contributed by atoms with Crippen molar-refractivity contribution in [1.29, 1.82) is 0 Å². The molecule has 11 nitrogen and oxygen atoms in total. The maximum atomic E-state index is 11.2. The second kappa shape index (κ2) is 9.55. The molecule has 0 radical (unpaired) electrons. The quantitative estimate of drug-likeness (QED) is 0.196. The molecule has 5 rings (SSSR count). The van der Waals surface area contributed by atoms with Crippen LogP contribution in [0.2, 0.25) is 0 Å². The number of anilines is 1. The number of aliphatic hydroxyl groups is 2. The maximum absolute atomic E-state index is 11.2. The number of fused-ring (bicyclic) bond motifs is 1. The lowest BCUT2D eigenvalue weighted by atomic mass is 10.1. The number of ether oxygens (including phenoxy) is 1. The van der Waals surface area contributed by atoms with Gasteiger partial charge in [-0.2, -0.15) is 0 Å². The van der Waals surface area contributed by atoms with Crippen LogP contribution in [0.15, 0.2) is 12.3 Å². The summed E-state index contributed by atoms with van der Waals surface area (Å²) in [5.41, 5.74) is 0.526. The molecule has 2 aliphatic carbocycles. The first-order valence-electron chi connectivity index (χ1n) is 11.6. The number of nitrogens with zero attached hydrogens (tertiary/aromatic N) is 3. The normalized spacial score (nSPS) is 29.2. The summed E-state index contributed by atoms with van der Waals surface area (Å²) in [5.74, 6) is 7.75. The van der Waals surface area contributed by atoms with Crippen LogP contribution in [0, 0.1) is 17.8 Å². The fourth-order valence-electron chi connectivity index (χ4n) is 4.35. The van der Waals surface area contributed by atoms with Crippen LogP contribution in [-0.4, -0.2) is 67.3 Å². The minimum absolute atomic E-state index is 0.337. The highest BCUT2D eigenvalue weighted by atomic mass is 31.2. The Morgan fingerprint density at radius 2 is 2.00 bits per heavy atom. The molecule has 5 atom stereocenters. The van der Waals surface area contributed by atoms with Gasteiger partial charge in [0, 0.05) is 24.8 Å². The van der Waals surface area contributed by atoms with E-state index in [1.54, 1.807) is 10.8 Å². The first-order valence-corrected chi connectivity index (χ1v) is 13.6. The van der Waals surface area contributed by atoms with Gasteiger partial charge in [0.05, 0.1) is 5.39 Å². The van der Waals surface area contributed by atoms with E-state index in [1.807, 2.05) is 6.07 Å². The lowest BCUT2D eigenvalue weighted by molar-refractivity contribution is -0.238.